The van der Waals surface area contributed by atoms with Gasteiger partial charge in [0.2, 0.25) is 0 Å². The second-order valence-corrected chi connectivity index (χ2v) is 5.07. The van der Waals surface area contributed by atoms with Gasteiger partial charge < -0.3 is 0 Å². The van der Waals surface area contributed by atoms with Crippen LogP contribution in [0.25, 0.3) is 16.8 Å². The van der Waals surface area contributed by atoms with Crippen LogP contribution in [0.2, 0.25) is 5.15 Å². The Bertz CT molecular complexity index is 856. The van der Waals surface area contributed by atoms with Crippen molar-refractivity contribution in [1.82, 2.24) is 14.6 Å². The lowest BCUT2D eigenvalue weighted by atomic mass is 10.1. The third kappa shape index (κ3) is 2.13. The number of hydrogen-bond donors (Lipinski definition) is 0. The molecule has 3 rings (SSSR count). The molecule has 0 aliphatic rings. The zero-order chi connectivity index (χ0) is 15.1. The van der Waals surface area contributed by atoms with Gasteiger partial charge in [0.15, 0.2) is 5.65 Å². The molecule has 7 heteroatoms. The van der Waals surface area contributed by atoms with Crippen LogP contribution in [0.15, 0.2) is 30.5 Å². The Balaban J connectivity index is 2.19. The first-order chi connectivity index (χ1) is 9.99. The largest absolute Gasteiger partial charge is 0.269 e. The number of nitro groups is 1. The van der Waals surface area contributed by atoms with Gasteiger partial charge in [-0.05, 0) is 31.5 Å². The van der Waals surface area contributed by atoms with Crippen LogP contribution in [0.5, 0.6) is 0 Å². The topological polar surface area (TPSA) is 73.3 Å². The maximum absolute atomic E-state index is 10.7. The number of aryl methyl sites for hydroxylation is 1. The Kier molecular flexibility index (Phi) is 3.10. The number of nitrogens with zero attached hydrogens (tertiary/aromatic N) is 4. The van der Waals surface area contributed by atoms with Crippen LogP contribution < -0.4 is 0 Å². The molecule has 0 amide bonds. The summed E-state index contributed by atoms with van der Waals surface area (Å²) in [4.78, 5) is 14.8. The first kappa shape index (κ1) is 13.5. The van der Waals surface area contributed by atoms with Crippen molar-refractivity contribution in [2.75, 3.05) is 0 Å². The molecule has 2 aromatic heterocycles. The fourth-order valence-electron chi connectivity index (χ4n) is 2.11. The zero-order valence-electron chi connectivity index (χ0n) is 11.4. The van der Waals surface area contributed by atoms with Crippen molar-refractivity contribution in [2.24, 2.45) is 0 Å². The van der Waals surface area contributed by atoms with Crippen LogP contribution in [0, 0.1) is 24.0 Å². The summed E-state index contributed by atoms with van der Waals surface area (Å²) in [6.07, 6.45) is 1.66. The highest BCUT2D eigenvalue weighted by atomic mass is 35.5. The van der Waals surface area contributed by atoms with Gasteiger partial charge in [0.1, 0.15) is 5.15 Å². The van der Waals surface area contributed by atoms with Gasteiger partial charge in [-0.1, -0.05) is 11.6 Å². The van der Waals surface area contributed by atoms with Crippen molar-refractivity contribution in [2.45, 2.75) is 13.8 Å². The highest BCUT2D eigenvalue weighted by Crippen LogP contribution is 2.28. The Morgan fingerprint density at radius 2 is 1.90 bits per heavy atom. The third-order valence-corrected chi connectivity index (χ3v) is 3.89. The molecule has 21 heavy (non-hydrogen) atoms. The molecule has 0 saturated heterocycles. The van der Waals surface area contributed by atoms with E-state index in [9.17, 15) is 10.1 Å². The number of non-ortho nitro benzene ring substituents is 1. The molecule has 6 nitrogen and oxygen atoms in total. The normalized spacial score (nSPS) is 11.0. The predicted molar refractivity (Wildman–Crippen MR) is 79.6 cm³/mol. The number of hydrogen-bond acceptors (Lipinski definition) is 4. The molecule has 2 heterocycles. The van der Waals surface area contributed by atoms with E-state index in [1.54, 1.807) is 22.8 Å². The number of halogens is 1. The van der Waals surface area contributed by atoms with Crippen molar-refractivity contribution in [3.05, 3.63) is 57.0 Å². The highest BCUT2D eigenvalue weighted by Gasteiger charge is 2.14. The monoisotopic (exact) mass is 302 g/mol. The van der Waals surface area contributed by atoms with E-state index in [0.717, 1.165) is 22.4 Å². The summed E-state index contributed by atoms with van der Waals surface area (Å²) in [7, 11) is 0. The molecule has 0 spiro atoms. The minimum Gasteiger partial charge on any atom is -0.258 e. The molecule has 0 atom stereocenters. The maximum atomic E-state index is 10.7. The van der Waals surface area contributed by atoms with Gasteiger partial charge in [-0.15, -0.1) is 0 Å². The third-order valence-electron chi connectivity index (χ3n) is 3.44. The van der Waals surface area contributed by atoms with Crippen LogP contribution in [-0.4, -0.2) is 19.5 Å². The number of aromatic nitrogens is 3. The van der Waals surface area contributed by atoms with Gasteiger partial charge in [0.25, 0.3) is 5.69 Å². The smallest absolute Gasteiger partial charge is 0.258 e. The molecular weight excluding hydrogens is 292 g/mol. The molecule has 0 saturated carbocycles. The highest BCUT2D eigenvalue weighted by molar-refractivity contribution is 6.30. The van der Waals surface area contributed by atoms with Gasteiger partial charge in [-0.3, -0.25) is 10.1 Å². The van der Waals surface area contributed by atoms with Crippen LogP contribution in [0.3, 0.4) is 0 Å². The van der Waals surface area contributed by atoms with Crippen LogP contribution in [0.1, 0.15) is 11.3 Å². The molecule has 0 bridgehead atoms. The Morgan fingerprint density at radius 1 is 1.24 bits per heavy atom. The molecule has 0 radical (unpaired) electrons. The van der Waals surface area contributed by atoms with E-state index in [-0.39, 0.29) is 5.69 Å². The second-order valence-electron chi connectivity index (χ2n) is 4.71. The number of nitro benzene ring substituents is 1. The molecule has 1 aromatic carbocycles. The molecule has 0 aliphatic carbocycles. The first-order valence-electron chi connectivity index (χ1n) is 6.24. The first-order valence-corrected chi connectivity index (χ1v) is 6.62. The lowest BCUT2D eigenvalue weighted by Gasteiger charge is -2.05. The molecule has 0 aliphatic heterocycles. The van der Waals surface area contributed by atoms with E-state index in [2.05, 4.69) is 10.1 Å². The summed E-state index contributed by atoms with van der Waals surface area (Å²) in [5.74, 6) is 0. The van der Waals surface area contributed by atoms with Gasteiger partial charge >= 0.3 is 0 Å². The van der Waals surface area contributed by atoms with Crippen molar-refractivity contribution < 1.29 is 4.92 Å². The Labute approximate surface area is 125 Å². The fourth-order valence-corrected chi connectivity index (χ4v) is 2.37. The molecule has 0 fully saturated rings. The summed E-state index contributed by atoms with van der Waals surface area (Å²) < 4.78 is 1.57. The van der Waals surface area contributed by atoms with Crippen LogP contribution in [-0.2, 0) is 0 Å². The minimum atomic E-state index is -0.428. The average Bonchev–Trinajstić information content (AvgIpc) is 2.88. The second kappa shape index (κ2) is 4.82. The van der Waals surface area contributed by atoms with E-state index < -0.39 is 4.92 Å². The standard InChI is InChI=1S/C14H11ClN4O2/c1-8-9(2)17-14-12(7-16-18(14)13(8)15)10-3-5-11(6-4-10)19(20)21/h3-7H,1-2H3. The summed E-state index contributed by atoms with van der Waals surface area (Å²) in [5, 5.41) is 15.5. The van der Waals surface area contributed by atoms with Crippen molar-refractivity contribution in [1.29, 1.82) is 0 Å². The van der Waals surface area contributed by atoms with E-state index >= 15 is 0 Å². The van der Waals surface area contributed by atoms with E-state index in [1.807, 2.05) is 13.8 Å². The summed E-state index contributed by atoms with van der Waals surface area (Å²) in [5.41, 5.74) is 3.99. The number of benzene rings is 1. The van der Waals surface area contributed by atoms with Crippen molar-refractivity contribution in [3.8, 4) is 11.1 Å². The Hall–Kier alpha value is -2.47. The fraction of sp³-hybridized carbons (Fsp3) is 0.143. The van der Waals surface area contributed by atoms with E-state index in [4.69, 9.17) is 11.6 Å². The van der Waals surface area contributed by atoms with Gasteiger partial charge in [-0.25, -0.2) is 9.50 Å². The van der Waals surface area contributed by atoms with Gasteiger partial charge in [0.05, 0.1) is 11.1 Å². The lowest BCUT2D eigenvalue weighted by Crippen LogP contribution is -1.99. The molecular formula is C14H11ClN4O2. The van der Waals surface area contributed by atoms with Crippen LogP contribution in [0.4, 0.5) is 5.69 Å². The summed E-state index contributed by atoms with van der Waals surface area (Å²) in [6.45, 7) is 3.77. The van der Waals surface area contributed by atoms with Gasteiger partial charge in [0, 0.05) is 29.0 Å². The minimum absolute atomic E-state index is 0.0493. The molecule has 0 unspecified atom stereocenters. The summed E-state index contributed by atoms with van der Waals surface area (Å²) in [6, 6.07) is 6.28. The average molecular weight is 303 g/mol. The number of fused-ring (bicyclic) bond motifs is 1. The van der Waals surface area contributed by atoms with Crippen molar-refractivity contribution in [3.63, 3.8) is 0 Å². The SMILES string of the molecule is Cc1nc2c(-c3ccc([N+](=O)[O-])cc3)cnn2c(Cl)c1C. The van der Waals surface area contributed by atoms with E-state index in [0.29, 0.717) is 10.8 Å². The quantitative estimate of drug-likeness (QED) is 0.412. The molecule has 0 N–H and O–H groups in total. The van der Waals surface area contributed by atoms with Crippen molar-refractivity contribution >= 4 is 22.9 Å². The lowest BCUT2D eigenvalue weighted by molar-refractivity contribution is -0.384. The molecule has 3 aromatic rings. The number of rotatable bonds is 2. The molecule has 106 valence electrons. The maximum Gasteiger partial charge on any atom is 0.269 e. The van der Waals surface area contributed by atoms with Gasteiger partial charge in [-0.2, -0.15) is 5.10 Å². The Morgan fingerprint density at radius 3 is 2.52 bits per heavy atom. The van der Waals surface area contributed by atoms with E-state index in [1.165, 1.54) is 12.1 Å². The predicted octanol–water partition coefficient (Wildman–Crippen LogP) is 3.57. The summed E-state index contributed by atoms with van der Waals surface area (Å²) >= 11 is 6.27. The van der Waals surface area contributed by atoms with Crippen LogP contribution >= 0.6 is 11.6 Å². The zero-order valence-corrected chi connectivity index (χ0v) is 12.1.